The van der Waals surface area contributed by atoms with Crippen LogP contribution in [0.1, 0.15) is 5.56 Å². The lowest BCUT2D eigenvalue weighted by atomic mass is 10.2. The van der Waals surface area contributed by atoms with Crippen molar-refractivity contribution in [3.05, 3.63) is 59.0 Å². The summed E-state index contributed by atoms with van der Waals surface area (Å²) in [5, 5.41) is 10.9. The number of amides is 1. The van der Waals surface area contributed by atoms with Crippen LogP contribution in [-0.4, -0.2) is 44.6 Å². The minimum absolute atomic E-state index is 0.199. The predicted octanol–water partition coefficient (Wildman–Crippen LogP) is 3.46. The molecular formula is C21H19N3O5S2. The Morgan fingerprint density at radius 1 is 1.10 bits per heavy atom. The highest BCUT2D eigenvalue weighted by molar-refractivity contribution is 8.18. The van der Waals surface area contributed by atoms with Crippen molar-refractivity contribution in [3.63, 3.8) is 0 Å². The van der Waals surface area contributed by atoms with E-state index in [1.165, 1.54) is 7.11 Å². The largest absolute Gasteiger partial charge is 0.493 e. The van der Waals surface area contributed by atoms with Crippen molar-refractivity contribution in [3.8, 4) is 11.5 Å². The lowest BCUT2D eigenvalue weighted by molar-refractivity contribution is -0.135. The molecule has 1 fully saturated rings. The number of amidine groups is 1. The minimum atomic E-state index is -0.608. The Kier molecular flexibility index (Phi) is 7.74. The van der Waals surface area contributed by atoms with E-state index >= 15 is 0 Å². The molecule has 1 heterocycles. The summed E-state index contributed by atoms with van der Waals surface area (Å²) in [4.78, 5) is 25.3. The molecule has 1 aliphatic rings. The Balaban J connectivity index is 1.75. The zero-order chi connectivity index (χ0) is 22.2. The first-order valence-corrected chi connectivity index (χ1v) is 10.6. The van der Waals surface area contributed by atoms with Crippen LogP contribution in [0.2, 0.25) is 0 Å². The maximum atomic E-state index is 11.9. The van der Waals surface area contributed by atoms with Gasteiger partial charge in [-0.2, -0.15) is 5.10 Å². The highest BCUT2D eigenvalue weighted by atomic mass is 32.2. The second-order valence-corrected chi connectivity index (χ2v) is 8.04. The molecule has 0 unspecified atom stereocenters. The molecule has 0 radical (unpaired) electrons. The maximum absolute atomic E-state index is 11.9. The summed E-state index contributed by atoms with van der Waals surface area (Å²) in [6.07, 6.45) is 2.71. The average molecular weight is 458 g/mol. The fourth-order valence-corrected chi connectivity index (χ4v) is 4.15. The summed E-state index contributed by atoms with van der Waals surface area (Å²) in [6.45, 7) is 0. The predicted molar refractivity (Wildman–Crippen MR) is 121 cm³/mol. The van der Waals surface area contributed by atoms with E-state index in [4.69, 9.17) is 9.47 Å². The zero-order valence-corrected chi connectivity index (χ0v) is 18.6. The van der Waals surface area contributed by atoms with Crippen LogP contribution in [0, 0.1) is 0 Å². The van der Waals surface area contributed by atoms with Crippen molar-refractivity contribution in [1.82, 2.24) is 5.32 Å². The molecule has 2 aromatic rings. The first-order valence-electron chi connectivity index (χ1n) is 8.93. The molecule has 160 valence electrons. The summed E-state index contributed by atoms with van der Waals surface area (Å²) < 4.78 is 15.2. The molecule has 10 heteroatoms. The number of hydrogen-bond donors (Lipinski definition) is 1. The number of carbonyl (C=O) groups excluding carboxylic acids is 2. The summed E-state index contributed by atoms with van der Waals surface area (Å²) in [7, 11) is 4.43. The summed E-state index contributed by atoms with van der Waals surface area (Å²) >= 11 is 2.56. The van der Waals surface area contributed by atoms with Gasteiger partial charge < -0.3 is 14.2 Å². The van der Waals surface area contributed by atoms with Crippen molar-refractivity contribution in [2.75, 3.05) is 21.3 Å². The second-order valence-electron chi connectivity index (χ2n) is 5.89. The van der Waals surface area contributed by atoms with Crippen molar-refractivity contribution >= 4 is 46.8 Å². The van der Waals surface area contributed by atoms with Crippen LogP contribution < -0.4 is 14.8 Å². The van der Waals surface area contributed by atoms with Crippen LogP contribution in [0.3, 0.4) is 0 Å². The van der Waals surface area contributed by atoms with Gasteiger partial charge in [-0.15, -0.1) is 5.10 Å². The Morgan fingerprint density at radius 2 is 1.87 bits per heavy atom. The van der Waals surface area contributed by atoms with Gasteiger partial charge in [0.2, 0.25) is 0 Å². The molecule has 8 nitrogen and oxygen atoms in total. The maximum Gasteiger partial charge on any atom is 0.331 e. The monoisotopic (exact) mass is 457 g/mol. The number of methoxy groups -OCH3 is 3. The van der Waals surface area contributed by atoms with E-state index in [9.17, 15) is 9.59 Å². The Morgan fingerprint density at radius 3 is 2.61 bits per heavy atom. The van der Waals surface area contributed by atoms with E-state index in [0.717, 1.165) is 33.2 Å². The van der Waals surface area contributed by atoms with E-state index in [-0.39, 0.29) is 10.1 Å². The van der Waals surface area contributed by atoms with Crippen LogP contribution in [0.15, 0.2) is 73.4 Å². The van der Waals surface area contributed by atoms with Crippen molar-refractivity contribution in [2.45, 2.75) is 9.79 Å². The van der Waals surface area contributed by atoms with E-state index < -0.39 is 11.9 Å². The number of nitrogens with zero attached hydrogens (tertiary/aromatic N) is 2. The van der Waals surface area contributed by atoms with Crippen LogP contribution in [0.5, 0.6) is 11.5 Å². The number of esters is 1. The molecule has 0 aromatic heterocycles. The number of thioether (sulfide) groups is 1. The minimum Gasteiger partial charge on any atom is -0.493 e. The standard InChI is InChI=1S/C21H19N3O5S2/c1-27-15-9-8-14(10-16(15)28-2)30-17-7-5-4-6-13(17)12-22-24-21-23-20(26)18(31-21)11-19(25)29-3/h4-12H,1-3H3,(H,23,24,26)/b18-11+,22-12?. The quantitative estimate of drug-likeness (QED) is 0.294. The second kappa shape index (κ2) is 10.7. The van der Waals surface area contributed by atoms with Gasteiger partial charge in [0.15, 0.2) is 16.7 Å². The Bertz CT molecular complexity index is 1080. The molecule has 1 aliphatic heterocycles. The van der Waals surface area contributed by atoms with Crippen LogP contribution in [0.25, 0.3) is 0 Å². The van der Waals surface area contributed by atoms with Crippen molar-refractivity contribution < 1.29 is 23.8 Å². The third-order valence-electron chi connectivity index (χ3n) is 3.95. The number of hydrogen-bond acceptors (Lipinski definition) is 9. The fourth-order valence-electron chi connectivity index (χ4n) is 2.47. The highest BCUT2D eigenvalue weighted by Gasteiger charge is 2.25. The first kappa shape index (κ1) is 22.4. The molecule has 0 aliphatic carbocycles. The van der Waals surface area contributed by atoms with Crippen molar-refractivity contribution in [2.24, 2.45) is 10.2 Å². The third-order valence-corrected chi connectivity index (χ3v) is 5.93. The Hall–Kier alpha value is -3.24. The van der Waals surface area contributed by atoms with Crippen LogP contribution in [0.4, 0.5) is 0 Å². The molecule has 1 N–H and O–H groups in total. The Labute approximate surface area is 187 Å². The molecule has 0 saturated carbocycles. The lowest BCUT2D eigenvalue weighted by Gasteiger charge is -2.10. The van der Waals surface area contributed by atoms with Gasteiger partial charge in [0.1, 0.15) is 0 Å². The summed E-state index contributed by atoms with van der Waals surface area (Å²) in [5.74, 6) is 0.279. The van der Waals surface area contributed by atoms with Crippen LogP contribution >= 0.6 is 23.5 Å². The number of rotatable bonds is 7. The molecule has 0 atom stereocenters. The SMILES string of the molecule is COC(=O)/C=C1/S/C(=N\N=Cc2ccccc2Sc2ccc(OC)c(OC)c2)NC1=O. The summed E-state index contributed by atoms with van der Waals surface area (Å²) in [6, 6.07) is 13.4. The fraction of sp³-hybridized carbons (Fsp3) is 0.143. The normalized spacial score (nSPS) is 16.0. The smallest absolute Gasteiger partial charge is 0.331 e. The van der Waals surface area contributed by atoms with Crippen LogP contribution in [-0.2, 0) is 14.3 Å². The van der Waals surface area contributed by atoms with Gasteiger partial charge in [0.05, 0.1) is 32.4 Å². The summed E-state index contributed by atoms with van der Waals surface area (Å²) in [5.41, 5.74) is 0.853. The molecule has 31 heavy (non-hydrogen) atoms. The number of ether oxygens (including phenoxy) is 3. The average Bonchev–Trinajstić information content (AvgIpc) is 3.13. The van der Waals surface area contributed by atoms with E-state index in [0.29, 0.717) is 11.5 Å². The van der Waals surface area contributed by atoms with Gasteiger partial charge in [-0.1, -0.05) is 30.0 Å². The molecule has 1 amide bonds. The van der Waals surface area contributed by atoms with Gasteiger partial charge in [-0.3, -0.25) is 10.1 Å². The van der Waals surface area contributed by atoms with Gasteiger partial charge in [0, 0.05) is 21.4 Å². The number of nitrogens with one attached hydrogen (secondary N) is 1. The number of carbonyl (C=O) groups is 2. The van der Waals surface area contributed by atoms with Gasteiger partial charge >= 0.3 is 5.97 Å². The van der Waals surface area contributed by atoms with E-state index in [2.05, 4.69) is 20.3 Å². The number of benzene rings is 2. The van der Waals surface area contributed by atoms with E-state index in [1.54, 1.807) is 32.2 Å². The van der Waals surface area contributed by atoms with Gasteiger partial charge in [-0.25, -0.2) is 4.79 Å². The van der Waals surface area contributed by atoms with E-state index in [1.807, 2.05) is 42.5 Å². The van der Waals surface area contributed by atoms with Gasteiger partial charge in [0.25, 0.3) is 5.91 Å². The highest BCUT2D eigenvalue weighted by Crippen LogP contribution is 2.36. The topological polar surface area (TPSA) is 98.6 Å². The molecule has 1 saturated heterocycles. The molecule has 0 spiro atoms. The molecule has 0 bridgehead atoms. The molecule has 2 aromatic carbocycles. The molecular weight excluding hydrogens is 438 g/mol. The first-order chi connectivity index (χ1) is 15.0. The third kappa shape index (κ3) is 5.89. The lowest BCUT2D eigenvalue weighted by Crippen LogP contribution is -2.19. The van der Waals surface area contributed by atoms with Gasteiger partial charge in [-0.05, 0) is 36.0 Å². The zero-order valence-electron chi connectivity index (χ0n) is 16.9. The van der Waals surface area contributed by atoms with Crippen molar-refractivity contribution in [1.29, 1.82) is 0 Å². The molecule has 3 rings (SSSR count).